The second kappa shape index (κ2) is 6.71. The monoisotopic (exact) mass is 291 g/mol. The van der Waals surface area contributed by atoms with Crippen molar-refractivity contribution in [2.45, 2.75) is 0 Å². The van der Waals surface area contributed by atoms with Crippen LogP contribution in [0.3, 0.4) is 0 Å². The minimum absolute atomic E-state index is 0.0116. The molecule has 0 radical (unpaired) electrons. The van der Waals surface area contributed by atoms with Gasteiger partial charge in [0.2, 0.25) is 0 Å². The molecule has 20 heavy (non-hydrogen) atoms. The van der Waals surface area contributed by atoms with E-state index >= 15 is 0 Å². The molecule has 0 unspecified atom stereocenters. The molecule has 6 nitrogen and oxygen atoms in total. The molecule has 0 saturated carbocycles. The molecule has 0 atom stereocenters. The molecule has 0 aromatic heterocycles. The standard InChI is InChI=1S/C13H13N3O3S/c1-16(6-7-20(17,18)19)13-4-2-11(3-5-13)8-12(9-14)10-15/h2-5,8H,6-7H2,1H3,(H,17,18,19). The van der Waals surface area contributed by atoms with Crippen molar-refractivity contribution in [3.05, 3.63) is 35.4 Å². The van der Waals surface area contributed by atoms with Gasteiger partial charge < -0.3 is 4.90 Å². The van der Waals surface area contributed by atoms with Gasteiger partial charge >= 0.3 is 0 Å². The van der Waals surface area contributed by atoms with Crippen molar-refractivity contribution < 1.29 is 13.0 Å². The van der Waals surface area contributed by atoms with Crippen LogP contribution < -0.4 is 4.90 Å². The Morgan fingerprint density at radius 1 is 1.30 bits per heavy atom. The number of rotatable bonds is 5. The van der Waals surface area contributed by atoms with E-state index in [-0.39, 0.29) is 17.9 Å². The maximum absolute atomic E-state index is 10.7. The first-order valence-electron chi connectivity index (χ1n) is 5.64. The van der Waals surface area contributed by atoms with Gasteiger partial charge in [0, 0.05) is 19.3 Å². The number of anilines is 1. The Balaban J connectivity index is 2.80. The Morgan fingerprint density at radius 3 is 2.30 bits per heavy atom. The predicted octanol–water partition coefficient (Wildman–Crippen LogP) is 1.44. The normalized spacial score (nSPS) is 10.2. The van der Waals surface area contributed by atoms with Crippen molar-refractivity contribution in [2.24, 2.45) is 0 Å². The fraction of sp³-hybridized carbons (Fsp3) is 0.231. The number of nitrogens with zero attached hydrogens (tertiary/aromatic N) is 3. The van der Waals surface area contributed by atoms with Crippen LogP contribution in [0, 0.1) is 22.7 Å². The first kappa shape index (κ1) is 15.7. The minimum atomic E-state index is -3.98. The highest BCUT2D eigenvalue weighted by atomic mass is 32.2. The molecule has 0 fully saturated rings. The van der Waals surface area contributed by atoms with E-state index in [2.05, 4.69) is 0 Å². The molecule has 0 heterocycles. The summed E-state index contributed by atoms with van der Waals surface area (Å²) in [4.78, 5) is 1.68. The van der Waals surface area contributed by atoms with E-state index in [9.17, 15) is 8.42 Å². The van der Waals surface area contributed by atoms with Crippen molar-refractivity contribution in [1.29, 1.82) is 10.5 Å². The lowest BCUT2D eigenvalue weighted by Crippen LogP contribution is -2.24. The van der Waals surface area contributed by atoms with Crippen LogP contribution in [0.15, 0.2) is 29.8 Å². The van der Waals surface area contributed by atoms with Crippen molar-refractivity contribution in [3.63, 3.8) is 0 Å². The molecular formula is C13H13N3O3S. The van der Waals surface area contributed by atoms with Crippen molar-refractivity contribution >= 4 is 21.9 Å². The van der Waals surface area contributed by atoms with Crippen LogP contribution in [0.5, 0.6) is 0 Å². The Labute approximate surface area is 117 Å². The fourth-order valence-electron chi connectivity index (χ4n) is 1.46. The SMILES string of the molecule is CN(CCS(=O)(=O)O)c1ccc(C=C(C#N)C#N)cc1. The summed E-state index contributed by atoms with van der Waals surface area (Å²) in [5, 5.41) is 17.3. The zero-order chi connectivity index (χ0) is 15.2. The molecular weight excluding hydrogens is 278 g/mol. The third-order valence-corrected chi connectivity index (χ3v) is 3.27. The summed E-state index contributed by atoms with van der Waals surface area (Å²) in [6.07, 6.45) is 1.46. The molecule has 0 aliphatic carbocycles. The molecule has 0 saturated heterocycles. The zero-order valence-electron chi connectivity index (χ0n) is 10.8. The fourth-order valence-corrected chi connectivity index (χ4v) is 1.97. The van der Waals surface area contributed by atoms with Crippen molar-refractivity contribution in [2.75, 3.05) is 24.2 Å². The smallest absolute Gasteiger partial charge is 0.266 e. The van der Waals surface area contributed by atoms with E-state index in [0.717, 1.165) is 5.69 Å². The summed E-state index contributed by atoms with van der Waals surface area (Å²) >= 11 is 0. The summed E-state index contributed by atoms with van der Waals surface area (Å²) in [6.45, 7) is 0.162. The van der Waals surface area contributed by atoms with Gasteiger partial charge in [-0.25, -0.2) is 0 Å². The van der Waals surface area contributed by atoms with Gasteiger partial charge in [0.1, 0.15) is 17.7 Å². The number of allylic oxidation sites excluding steroid dienone is 1. The minimum Gasteiger partial charge on any atom is -0.373 e. The molecule has 1 aromatic rings. The Hall–Kier alpha value is -2.35. The van der Waals surface area contributed by atoms with Crippen LogP contribution in [0.4, 0.5) is 5.69 Å². The van der Waals surface area contributed by atoms with Crippen LogP contribution in [0.25, 0.3) is 6.08 Å². The Morgan fingerprint density at radius 2 is 1.85 bits per heavy atom. The lowest BCUT2D eigenvalue weighted by Gasteiger charge is -2.18. The van der Waals surface area contributed by atoms with Gasteiger partial charge in [-0.1, -0.05) is 12.1 Å². The Bertz CT molecular complexity index is 663. The van der Waals surface area contributed by atoms with Gasteiger partial charge in [0.25, 0.3) is 10.1 Å². The first-order valence-corrected chi connectivity index (χ1v) is 7.25. The number of hydrogen-bond acceptors (Lipinski definition) is 5. The summed E-state index contributed by atoms with van der Waals surface area (Å²) in [7, 11) is -2.28. The average Bonchev–Trinajstić information content (AvgIpc) is 2.42. The zero-order valence-corrected chi connectivity index (χ0v) is 11.6. The summed E-state index contributed by atoms with van der Waals surface area (Å²) in [6, 6.07) is 10.4. The van der Waals surface area contributed by atoms with Crippen LogP contribution in [-0.4, -0.2) is 32.3 Å². The second-order valence-corrected chi connectivity index (χ2v) is 5.65. The topological polar surface area (TPSA) is 105 Å². The third-order valence-electron chi connectivity index (χ3n) is 2.57. The second-order valence-electron chi connectivity index (χ2n) is 4.08. The molecule has 0 spiro atoms. The molecule has 0 bridgehead atoms. The molecule has 7 heteroatoms. The lowest BCUT2D eigenvalue weighted by atomic mass is 10.1. The maximum atomic E-state index is 10.7. The Kier molecular flexibility index (Phi) is 5.27. The number of benzene rings is 1. The van der Waals surface area contributed by atoms with E-state index in [0.29, 0.717) is 5.56 Å². The molecule has 0 amide bonds. The largest absolute Gasteiger partial charge is 0.373 e. The van der Waals surface area contributed by atoms with E-state index < -0.39 is 10.1 Å². The summed E-state index contributed by atoms with van der Waals surface area (Å²) < 4.78 is 30.0. The van der Waals surface area contributed by atoms with Gasteiger partial charge in [0.15, 0.2) is 0 Å². The van der Waals surface area contributed by atoms with Crippen LogP contribution >= 0.6 is 0 Å². The van der Waals surface area contributed by atoms with Gasteiger partial charge in [0.05, 0.1) is 5.75 Å². The highest BCUT2D eigenvalue weighted by Crippen LogP contribution is 2.15. The van der Waals surface area contributed by atoms with Crippen LogP contribution in [-0.2, 0) is 10.1 Å². The third kappa shape index (κ3) is 5.11. The first-order chi connectivity index (χ1) is 9.35. The van der Waals surface area contributed by atoms with Gasteiger partial charge in [-0.05, 0) is 23.8 Å². The predicted molar refractivity (Wildman–Crippen MR) is 75.3 cm³/mol. The average molecular weight is 291 g/mol. The van der Waals surface area contributed by atoms with Crippen LogP contribution in [0.1, 0.15) is 5.56 Å². The van der Waals surface area contributed by atoms with E-state index in [1.54, 1.807) is 48.4 Å². The summed E-state index contributed by atoms with van der Waals surface area (Å²) in [5.74, 6) is -0.349. The maximum Gasteiger partial charge on any atom is 0.266 e. The molecule has 0 aliphatic heterocycles. The number of nitriles is 2. The summed E-state index contributed by atoms with van der Waals surface area (Å²) in [5.41, 5.74) is 1.48. The van der Waals surface area contributed by atoms with Crippen molar-refractivity contribution in [1.82, 2.24) is 0 Å². The van der Waals surface area contributed by atoms with Crippen molar-refractivity contribution in [3.8, 4) is 12.1 Å². The molecule has 1 rings (SSSR count). The molecule has 104 valence electrons. The molecule has 1 aromatic carbocycles. The quantitative estimate of drug-likeness (QED) is 0.650. The highest BCUT2D eigenvalue weighted by molar-refractivity contribution is 7.85. The van der Waals surface area contributed by atoms with Gasteiger partial charge in [-0.15, -0.1) is 0 Å². The number of hydrogen-bond donors (Lipinski definition) is 1. The van der Waals surface area contributed by atoms with Crippen LogP contribution in [0.2, 0.25) is 0 Å². The highest BCUT2D eigenvalue weighted by Gasteiger charge is 2.07. The van der Waals surface area contributed by atoms with E-state index in [1.165, 1.54) is 6.08 Å². The van der Waals surface area contributed by atoms with Gasteiger partial charge in [-0.2, -0.15) is 18.9 Å². The molecule has 0 aliphatic rings. The molecule has 1 N–H and O–H groups in total. The van der Waals surface area contributed by atoms with Gasteiger partial charge in [-0.3, -0.25) is 4.55 Å². The van der Waals surface area contributed by atoms with E-state index in [4.69, 9.17) is 15.1 Å². The van der Waals surface area contributed by atoms with E-state index in [1.807, 2.05) is 0 Å². The lowest BCUT2D eigenvalue weighted by molar-refractivity contribution is 0.483.